The van der Waals surface area contributed by atoms with Crippen LogP contribution in [0.1, 0.15) is 10.4 Å². The summed E-state index contributed by atoms with van der Waals surface area (Å²) >= 11 is 0. The Bertz CT molecular complexity index is 464. The van der Waals surface area contributed by atoms with Gasteiger partial charge in [0.2, 0.25) is 0 Å². The number of carbonyl (C=O) groups is 1. The monoisotopic (exact) mass is 263 g/mol. The molecule has 1 amide bonds. The molecule has 1 heterocycles. The van der Waals surface area contributed by atoms with Crippen molar-refractivity contribution in [3.63, 3.8) is 0 Å². The van der Waals surface area contributed by atoms with E-state index in [-0.39, 0.29) is 19.0 Å². The van der Waals surface area contributed by atoms with Gasteiger partial charge in [-0.3, -0.25) is 4.79 Å². The average Bonchev–Trinajstić information content (AvgIpc) is 2.76. The molecule has 0 saturated carbocycles. The first-order chi connectivity index (χ1) is 9.13. The van der Waals surface area contributed by atoms with E-state index in [2.05, 4.69) is 6.58 Å². The third-order valence-electron chi connectivity index (χ3n) is 3.02. The van der Waals surface area contributed by atoms with Crippen LogP contribution in [-0.4, -0.2) is 52.9 Å². The van der Waals surface area contributed by atoms with Gasteiger partial charge in [0.1, 0.15) is 12.4 Å². The molecule has 0 aromatic heterocycles. The van der Waals surface area contributed by atoms with E-state index in [1.165, 1.54) is 4.90 Å². The molecule has 19 heavy (non-hydrogen) atoms. The molecule has 1 aliphatic heterocycles. The maximum atomic E-state index is 12.3. The molecule has 1 saturated heterocycles. The van der Waals surface area contributed by atoms with Crippen molar-refractivity contribution < 1.29 is 19.7 Å². The van der Waals surface area contributed by atoms with Gasteiger partial charge in [0.05, 0.1) is 17.8 Å². The number of likely N-dealkylation sites (tertiary alicyclic amines) is 1. The van der Waals surface area contributed by atoms with Gasteiger partial charge in [-0.1, -0.05) is 24.8 Å². The highest BCUT2D eigenvalue weighted by atomic mass is 16.5. The van der Waals surface area contributed by atoms with Gasteiger partial charge < -0.3 is 19.8 Å². The van der Waals surface area contributed by atoms with E-state index in [1.54, 1.807) is 30.3 Å². The van der Waals surface area contributed by atoms with Gasteiger partial charge in [-0.15, -0.1) is 0 Å². The van der Waals surface area contributed by atoms with E-state index < -0.39 is 12.2 Å². The number of para-hydroxylation sites is 1. The minimum Gasteiger partial charge on any atom is -0.489 e. The van der Waals surface area contributed by atoms with Crippen LogP contribution in [0.2, 0.25) is 0 Å². The standard InChI is InChI=1S/C14H17NO4/c1-2-7-19-13-6-4-3-5-10(13)14(18)15-8-11(16)12(17)9-15/h2-6,11-12,16-17H,1,7-9H2. The van der Waals surface area contributed by atoms with Crippen LogP contribution in [0.25, 0.3) is 0 Å². The number of amides is 1. The normalized spacial score (nSPS) is 22.3. The minimum absolute atomic E-state index is 0.135. The van der Waals surface area contributed by atoms with Crippen LogP contribution in [-0.2, 0) is 0 Å². The number of rotatable bonds is 4. The molecule has 5 heteroatoms. The lowest BCUT2D eigenvalue weighted by Gasteiger charge is -2.17. The largest absolute Gasteiger partial charge is 0.489 e. The highest BCUT2D eigenvalue weighted by Gasteiger charge is 2.33. The molecule has 102 valence electrons. The predicted octanol–water partition coefficient (Wildman–Crippen LogP) is 0.429. The first kappa shape index (κ1) is 13.6. The first-order valence-corrected chi connectivity index (χ1v) is 6.11. The smallest absolute Gasteiger partial charge is 0.257 e. The Labute approximate surface area is 111 Å². The zero-order valence-corrected chi connectivity index (χ0v) is 10.5. The summed E-state index contributed by atoms with van der Waals surface area (Å²) in [5.74, 6) is 0.221. The number of carbonyl (C=O) groups excluding carboxylic acids is 1. The Morgan fingerprint density at radius 1 is 1.37 bits per heavy atom. The summed E-state index contributed by atoms with van der Waals surface area (Å²) in [4.78, 5) is 13.7. The maximum Gasteiger partial charge on any atom is 0.257 e. The fourth-order valence-corrected chi connectivity index (χ4v) is 2.02. The summed E-state index contributed by atoms with van der Waals surface area (Å²) in [6.07, 6.45) is -0.166. The lowest BCUT2D eigenvalue weighted by atomic mass is 10.2. The van der Waals surface area contributed by atoms with Gasteiger partial charge in [-0.05, 0) is 12.1 Å². The highest BCUT2D eigenvalue weighted by Crippen LogP contribution is 2.22. The number of hydrogen-bond acceptors (Lipinski definition) is 4. The van der Waals surface area contributed by atoms with Gasteiger partial charge in [0, 0.05) is 13.1 Å². The SMILES string of the molecule is C=CCOc1ccccc1C(=O)N1CC(O)C(O)C1. The summed E-state index contributed by atoms with van der Waals surface area (Å²) in [5.41, 5.74) is 0.422. The van der Waals surface area contributed by atoms with Crippen LogP contribution in [0.5, 0.6) is 5.75 Å². The van der Waals surface area contributed by atoms with Gasteiger partial charge >= 0.3 is 0 Å². The van der Waals surface area contributed by atoms with Crippen molar-refractivity contribution in [2.75, 3.05) is 19.7 Å². The lowest BCUT2D eigenvalue weighted by molar-refractivity contribution is 0.0572. The van der Waals surface area contributed by atoms with Crippen LogP contribution >= 0.6 is 0 Å². The van der Waals surface area contributed by atoms with Crippen molar-refractivity contribution in [2.24, 2.45) is 0 Å². The van der Waals surface area contributed by atoms with Gasteiger partial charge in [-0.2, -0.15) is 0 Å². The van der Waals surface area contributed by atoms with Crippen molar-refractivity contribution >= 4 is 5.91 Å². The molecule has 2 N–H and O–H groups in total. The summed E-state index contributed by atoms with van der Waals surface area (Å²) in [6, 6.07) is 6.90. The van der Waals surface area contributed by atoms with E-state index in [0.717, 1.165) is 0 Å². The zero-order valence-electron chi connectivity index (χ0n) is 10.5. The molecule has 0 radical (unpaired) electrons. The number of nitrogens with zero attached hydrogens (tertiary/aromatic N) is 1. The van der Waals surface area contributed by atoms with Crippen molar-refractivity contribution in [1.29, 1.82) is 0 Å². The minimum atomic E-state index is -0.884. The number of hydrogen-bond donors (Lipinski definition) is 2. The van der Waals surface area contributed by atoms with E-state index in [1.807, 2.05) is 0 Å². The predicted molar refractivity (Wildman–Crippen MR) is 70.1 cm³/mol. The molecule has 2 unspecified atom stereocenters. The van der Waals surface area contributed by atoms with Gasteiger partial charge in [0.25, 0.3) is 5.91 Å². The van der Waals surface area contributed by atoms with E-state index in [9.17, 15) is 15.0 Å². The van der Waals surface area contributed by atoms with Crippen LogP contribution in [0, 0.1) is 0 Å². The Morgan fingerprint density at radius 3 is 2.63 bits per heavy atom. The molecule has 5 nitrogen and oxygen atoms in total. The third-order valence-corrected chi connectivity index (χ3v) is 3.02. The Balaban J connectivity index is 2.17. The number of ether oxygens (including phenoxy) is 1. The Morgan fingerprint density at radius 2 is 2.00 bits per heavy atom. The van der Waals surface area contributed by atoms with Crippen LogP contribution in [0.15, 0.2) is 36.9 Å². The van der Waals surface area contributed by atoms with Crippen LogP contribution in [0.4, 0.5) is 0 Å². The lowest BCUT2D eigenvalue weighted by Crippen LogP contribution is -2.30. The van der Waals surface area contributed by atoms with E-state index >= 15 is 0 Å². The Kier molecular flexibility index (Phi) is 4.19. The second-order valence-electron chi connectivity index (χ2n) is 4.44. The van der Waals surface area contributed by atoms with E-state index in [4.69, 9.17) is 4.74 Å². The molecular weight excluding hydrogens is 246 g/mol. The second kappa shape index (κ2) is 5.86. The third kappa shape index (κ3) is 2.94. The van der Waals surface area contributed by atoms with Gasteiger partial charge in [-0.25, -0.2) is 0 Å². The fourth-order valence-electron chi connectivity index (χ4n) is 2.02. The molecular formula is C14H17NO4. The fraction of sp³-hybridized carbons (Fsp3) is 0.357. The molecule has 1 aliphatic rings. The average molecular weight is 263 g/mol. The zero-order chi connectivity index (χ0) is 13.8. The molecule has 0 aliphatic carbocycles. The van der Waals surface area contributed by atoms with Crippen molar-refractivity contribution in [2.45, 2.75) is 12.2 Å². The van der Waals surface area contributed by atoms with Crippen LogP contribution in [0.3, 0.4) is 0 Å². The first-order valence-electron chi connectivity index (χ1n) is 6.11. The van der Waals surface area contributed by atoms with Crippen molar-refractivity contribution in [3.05, 3.63) is 42.5 Å². The number of aliphatic hydroxyl groups excluding tert-OH is 2. The quantitative estimate of drug-likeness (QED) is 0.773. The number of benzene rings is 1. The highest BCUT2D eigenvalue weighted by molar-refractivity contribution is 5.97. The second-order valence-corrected chi connectivity index (χ2v) is 4.44. The summed E-state index contributed by atoms with van der Waals surface area (Å²) in [6.45, 7) is 4.15. The summed E-state index contributed by atoms with van der Waals surface area (Å²) in [7, 11) is 0. The van der Waals surface area contributed by atoms with Crippen LogP contribution < -0.4 is 4.74 Å². The van der Waals surface area contributed by atoms with Crippen molar-refractivity contribution in [3.8, 4) is 5.75 Å². The number of aliphatic hydroxyl groups is 2. The Hall–Kier alpha value is -1.85. The molecule has 1 aromatic carbocycles. The molecule has 1 fully saturated rings. The molecule has 2 atom stereocenters. The number of β-amino-alcohol motifs (C(OH)–C–C–N with tert-alkyl or cyclic N) is 2. The topological polar surface area (TPSA) is 70.0 Å². The maximum absolute atomic E-state index is 12.3. The molecule has 0 spiro atoms. The molecule has 1 aromatic rings. The van der Waals surface area contributed by atoms with E-state index in [0.29, 0.717) is 17.9 Å². The van der Waals surface area contributed by atoms with Gasteiger partial charge in [0.15, 0.2) is 0 Å². The summed E-state index contributed by atoms with van der Waals surface area (Å²) in [5, 5.41) is 19.0. The molecule has 2 rings (SSSR count). The molecule has 0 bridgehead atoms. The van der Waals surface area contributed by atoms with Crippen molar-refractivity contribution in [1.82, 2.24) is 4.90 Å². The summed E-state index contributed by atoms with van der Waals surface area (Å²) < 4.78 is 5.43.